The SMILES string of the molecule is O=C(OC[C@H]1SC(O)[C@@H](F)[C@@H]1OC(=O)c1ccc(Cl)cc1)c1ccc(Cl)cc1.O=C[C@@H](F)[C@H](OC(=O)c1ccc(Cl)cc1)[C@H](Br)COC(=O)c1ccc(Cl)cc1. The third-order valence-corrected chi connectivity index (χ3v) is 10.7. The fraction of sp³-hybridized carbons (Fsp3) is 0.237. The first-order chi connectivity index (χ1) is 26.7. The highest BCUT2D eigenvalue weighted by atomic mass is 79.9. The van der Waals surface area contributed by atoms with Crippen molar-refractivity contribution in [1.29, 1.82) is 0 Å². The number of benzene rings is 4. The average Bonchev–Trinajstić information content (AvgIpc) is 3.46. The van der Waals surface area contributed by atoms with Gasteiger partial charge in [-0.1, -0.05) is 62.3 Å². The van der Waals surface area contributed by atoms with Crippen LogP contribution in [0.25, 0.3) is 0 Å². The van der Waals surface area contributed by atoms with Crippen molar-refractivity contribution in [1.82, 2.24) is 0 Å². The topological polar surface area (TPSA) is 143 Å². The van der Waals surface area contributed by atoms with Crippen LogP contribution in [0.5, 0.6) is 0 Å². The second kappa shape index (κ2) is 21.7. The maximum absolute atomic E-state index is 14.3. The lowest BCUT2D eigenvalue weighted by atomic mass is 10.1. The Kier molecular flexibility index (Phi) is 17.4. The van der Waals surface area contributed by atoms with E-state index in [2.05, 4.69) is 15.9 Å². The van der Waals surface area contributed by atoms with Crippen LogP contribution < -0.4 is 0 Å². The van der Waals surface area contributed by atoms with Crippen LogP contribution in [0.1, 0.15) is 41.4 Å². The first-order valence-corrected chi connectivity index (χ1v) is 19.5. The largest absolute Gasteiger partial charge is 0.461 e. The van der Waals surface area contributed by atoms with Crippen molar-refractivity contribution >= 4 is 104 Å². The number of thioether (sulfide) groups is 1. The van der Waals surface area contributed by atoms with Crippen molar-refractivity contribution in [3.8, 4) is 0 Å². The number of alkyl halides is 3. The highest BCUT2D eigenvalue weighted by Gasteiger charge is 2.47. The van der Waals surface area contributed by atoms with Gasteiger partial charge in [-0.25, -0.2) is 28.0 Å². The third-order valence-electron chi connectivity index (χ3n) is 7.63. The van der Waals surface area contributed by atoms with E-state index < -0.39 is 63.9 Å². The number of hydrogen-bond acceptors (Lipinski definition) is 11. The summed E-state index contributed by atoms with van der Waals surface area (Å²) in [5.41, 5.74) is -0.544. The van der Waals surface area contributed by atoms with E-state index in [-0.39, 0.29) is 41.8 Å². The predicted octanol–water partition coefficient (Wildman–Crippen LogP) is 8.82. The lowest BCUT2D eigenvalue weighted by Gasteiger charge is -2.23. The van der Waals surface area contributed by atoms with E-state index >= 15 is 0 Å². The van der Waals surface area contributed by atoms with Crippen molar-refractivity contribution in [2.75, 3.05) is 13.2 Å². The fourth-order valence-corrected chi connectivity index (χ4v) is 6.90. The molecule has 5 rings (SSSR count). The van der Waals surface area contributed by atoms with Crippen molar-refractivity contribution in [2.24, 2.45) is 0 Å². The van der Waals surface area contributed by atoms with E-state index in [1.807, 2.05) is 0 Å². The molecule has 18 heteroatoms. The summed E-state index contributed by atoms with van der Waals surface area (Å²) in [6.45, 7) is -0.573. The van der Waals surface area contributed by atoms with E-state index in [1.165, 1.54) is 84.9 Å². The van der Waals surface area contributed by atoms with Gasteiger partial charge in [0.2, 0.25) is 0 Å². The smallest absolute Gasteiger partial charge is 0.338 e. The first-order valence-electron chi connectivity index (χ1n) is 16.2. The summed E-state index contributed by atoms with van der Waals surface area (Å²) in [5, 5.41) is 10.8. The molecule has 0 radical (unpaired) electrons. The molecule has 56 heavy (non-hydrogen) atoms. The predicted molar refractivity (Wildman–Crippen MR) is 211 cm³/mol. The number of halogens is 7. The Hall–Kier alpha value is -3.76. The van der Waals surface area contributed by atoms with Gasteiger partial charge >= 0.3 is 23.9 Å². The van der Waals surface area contributed by atoms with Crippen molar-refractivity contribution in [2.45, 2.75) is 40.1 Å². The number of aliphatic hydroxyl groups is 1. The molecule has 0 bridgehead atoms. The lowest BCUT2D eigenvalue weighted by molar-refractivity contribution is -0.115. The number of aliphatic hydroxyl groups excluding tert-OH is 1. The average molecular weight is 937 g/mol. The number of carbonyl (C=O) groups is 5. The summed E-state index contributed by atoms with van der Waals surface area (Å²) < 4.78 is 49.0. The van der Waals surface area contributed by atoms with Crippen LogP contribution in [0.2, 0.25) is 20.1 Å². The maximum atomic E-state index is 14.3. The van der Waals surface area contributed by atoms with Crippen LogP contribution in [-0.4, -0.2) is 88.5 Å². The fourth-order valence-electron chi connectivity index (χ4n) is 4.69. The molecule has 0 spiro atoms. The van der Waals surface area contributed by atoms with Gasteiger partial charge in [0.25, 0.3) is 0 Å². The number of ether oxygens (including phenoxy) is 4. The molecule has 10 nitrogen and oxygen atoms in total. The molecule has 0 amide bonds. The van der Waals surface area contributed by atoms with Crippen molar-refractivity contribution in [3.63, 3.8) is 0 Å². The van der Waals surface area contributed by atoms with Crippen LogP contribution in [0.4, 0.5) is 8.78 Å². The molecule has 0 saturated carbocycles. The molecule has 0 aromatic heterocycles. The summed E-state index contributed by atoms with van der Waals surface area (Å²) in [6, 6.07) is 23.7. The maximum Gasteiger partial charge on any atom is 0.338 e. The summed E-state index contributed by atoms with van der Waals surface area (Å²) in [4.78, 5) is 58.5. The molecule has 1 saturated heterocycles. The number of esters is 4. The zero-order valence-electron chi connectivity index (χ0n) is 28.4. The molecular formula is C38H29BrCl4F2O10S. The van der Waals surface area contributed by atoms with Crippen molar-refractivity contribution < 1.29 is 56.8 Å². The van der Waals surface area contributed by atoms with Gasteiger partial charge in [-0.15, -0.1) is 11.8 Å². The number of carbonyl (C=O) groups excluding carboxylic acids is 5. The summed E-state index contributed by atoms with van der Waals surface area (Å²) in [6.07, 6.45) is -6.68. The van der Waals surface area contributed by atoms with Crippen LogP contribution in [0, 0.1) is 0 Å². The zero-order valence-corrected chi connectivity index (χ0v) is 33.9. The van der Waals surface area contributed by atoms with Gasteiger partial charge in [0, 0.05) is 20.1 Å². The second-order valence-corrected chi connectivity index (χ2v) is 15.9. The molecule has 7 atom stereocenters. The zero-order chi connectivity index (χ0) is 40.9. The Morgan fingerprint density at radius 3 is 1.52 bits per heavy atom. The Morgan fingerprint density at radius 2 is 1.09 bits per heavy atom. The number of rotatable bonds is 13. The molecule has 1 unspecified atom stereocenters. The number of aldehydes is 1. The molecule has 4 aromatic carbocycles. The van der Waals surface area contributed by atoms with E-state index in [9.17, 15) is 37.9 Å². The molecule has 1 aliphatic heterocycles. The Labute approximate surface area is 351 Å². The van der Waals surface area contributed by atoms with Gasteiger partial charge in [0.05, 0.1) is 32.3 Å². The summed E-state index contributed by atoms with van der Waals surface area (Å²) in [7, 11) is 0. The standard InChI is InChI=1S/C19H14BrCl2FO5.C19H15Cl2FO5S/c20-15(10-27-18(25)11-1-5-13(21)6-2-11)17(16(23)9-24)28-19(26)12-3-7-14(22)8-4-12;20-12-5-1-10(2-6-12)17(23)26-9-14-16(15(22)19(25)28-14)27-18(24)11-3-7-13(21)8-4-11/h1-9,15-17H,10H2;1-8,14-16,19,25H,9H2/t15-,16-,17-;14-,15+,16-,19?/m11/s1. The minimum absolute atomic E-state index is 0.00901. The molecule has 296 valence electrons. The molecule has 1 N–H and O–H groups in total. The van der Waals surface area contributed by atoms with Crippen LogP contribution in [0.3, 0.4) is 0 Å². The monoisotopic (exact) mass is 934 g/mol. The van der Waals surface area contributed by atoms with E-state index in [0.717, 1.165) is 11.8 Å². The van der Waals surface area contributed by atoms with Gasteiger partial charge in [-0.2, -0.15) is 0 Å². The Morgan fingerprint density at radius 1 is 0.696 bits per heavy atom. The summed E-state index contributed by atoms with van der Waals surface area (Å²) >= 11 is 27.0. The van der Waals surface area contributed by atoms with Crippen LogP contribution in [-0.2, 0) is 23.7 Å². The van der Waals surface area contributed by atoms with E-state index in [1.54, 1.807) is 12.1 Å². The Bertz CT molecular complexity index is 1960. The molecule has 1 fully saturated rings. The minimum Gasteiger partial charge on any atom is -0.461 e. The van der Waals surface area contributed by atoms with Gasteiger partial charge in [0.15, 0.2) is 30.8 Å². The van der Waals surface area contributed by atoms with E-state index in [4.69, 9.17) is 65.4 Å². The summed E-state index contributed by atoms with van der Waals surface area (Å²) in [5.74, 6) is -2.91. The second-order valence-electron chi connectivity index (χ2n) is 11.6. The molecule has 1 heterocycles. The third kappa shape index (κ3) is 13.2. The van der Waals surface area contributed by atoms with Gasteiger partial charge in [0.1, 0.15) is 18.6 Å². The van der Waals surface area contributed by atoms with Crippen LogP contribution in [0.15, 0.2) is 97.1 Å². The molecule has 4 aromatic rings. The van der Waals surface area contributed by atoms with Gasteiger partial charge in [-0.05, 0) is 97.1 Å². The van der Waals surface area contributed by atoms with Gasteiger partial charge in [-0.3, -0.25) is 4.79 Å². The first kappa shape index (κ1) is 44.9. The molecular weight excluding hydrogens is 908 g/mol. The highest BCUT2D eigenvalue weighted by Crippen LogP contribution is 2.37. The highest BCUT2D eigenvalue weighted by molar-refractivity contribution is 9.09. The van der Waals surface area contributed by atoms with Crippen LogP contribution >= 0.6 is 74.1 Å². The quantitative estimate of drug-likeness (QED) is 0.0595. The van der Waals surface area contributed by atoms with E-state index in [0.29, 0.717) is 20.1 Å². The van der Waals surface area contributed by atoms with Gasteiger partial charge < -0.3 is 24.1 Å². The molecule has 1 aliphatic rings. The molecule has 0 aliphatic carbocycles. The normalized spacial score (nSPS) is 18.9. The lowest BCUT2D eigenvalue weighted by Crippen LogP contribution is -2.39. The minimum atomic E-state index is -2.12. The number of hydrogen-bond donors (Lipinski definition) is 1. The van der Waals surface area contributed by atoms with Crippen molar-refractivity contribution in [3.05, 3.63) is 139 Å². The Balaban J connectivity index is 0.000000249.